The summed E-state index contributed by atoms with van der Waals surface area (Å²) in [6.07, 6.45) is 0. The van der Waals surface area contributed by atoms with Crippen LogP contribution >= 0.6 is 24.0 Å². The molecule has 0 spiro atoms. The van der Waals surface area contributed by atoms with Crippen LogP contribution in [0.25, 0.3) is 0 Å². The number of nitrogens with one attached hydrogen (secondary N) is 2. The van der Waals surface area contributed by atoms with Crippen molar-refractivity contribution in [2.24, 2.45) is 4.99 Å². The van der Waals surface area contributed by atoms with E-state index < -0.39 is 0 Å². The second-order valence-electron chi connectivity index (χ2n) is 5.50. The van der Waals surface area contributed by atoms with E-state index in [2.05, 4.69) is 53.7 Å². The Balaban J connectivity index is 0.00000400. The van der Waals surface area contributed by atoms with Crippen LogP contribution in [0, 0.1) is 6.92 Å². The van der Waals surface area contributed by atoms with Crippen LogP contribution in [0.2, 0.25) is 0 Å². The van der Waals surface area contributed by atoms with E-state index in [1.54, 1.807) is 7.11 Å². The van der Waals surface area contributed by atoms with Crippen LogP contribution in [0.5, 0.6) is 0 Å². The van der Waals surface area contributed by atoms with Crippen LogP contribution in [-0.4, -0.2) is 31.8 Å². The summed E-state index contributed by atoms with van der Waals surface area (Å²) < 4.78 is 5.40. The van der Waals surface area contributed by atoms with Crippen molar-refractivity contribution in [3.63, 3.8) is 0 Å². The zero-order valence-electron chi connectivity index (χ0n) is 13.7. The Bertz CT molecular complexity index is 447. The molecule has 0 atom stereocenters. The second kappa shape index (κ2) is 10.00. The van der Waals surface area contributed by atoms with Crippen LogP contribution in [0.1, 0.15) is 31.9 Å². The van der Waals surface area contributed by atoms with Crippen LogP contribution in [0.15, 0.2) is 29.3 Å². The third-order valence-corrected chi connectivity index (χ3v) is 3.08. The minimum absolute atomic E-state index is 0. The molecule has 0 amide bonds. The largest absolute Gasteiger partial charge is 0.377 e. The fourth-order valence-corrected chi connectivity index (χ4v) is 1.69. The van der Waals surface area contributed by atoms with E-state index in [9.17, 15) is 0 Å². The smallest absolute Gasteiger partial charge is 0.191 e. The minimum Gasteiger partial charge on any atom is -0.377 e. The summed E-state index contributed by atoms with van der Waals surface area (Å²) in [4.78, 5) is 4.60. The fourth-order valence-electron chi connectivity index (χ4n) is 1.69. The van der Waals surface area contributed by atoms with E-state index in [1.165, 1.54) is 11.1 Å². The van der Waals surface area contributed by atoms with Gasteiger partial charge in [0.25, 0.3) is 0 Å². The molecule has 1 aromatic rings. The van der Waals surface area contributed by atoms with Crippen molar-refractivity contribution in [1.82, 2.24) is 10.6 Å². The number of rotatable bonds is 6. The standard InChI is InChI=1S/C16H27N3O.HI/c1-6-17-15(19-12-16(3,4)20-5)18-11-14-9-7-8-13(2)10-14;/h7-10H,6,11-12H2,1-5H3,(H2,17,18,19);1H. The van der Waals surface area contributed by atoms with Crippen LogP contribution in [0.3, 0.4) is 0 Å². The average molecular weight is 405 g/mol. The molecule has 0 bridgehead atoms. The van der Waals surface area contributed by atoms with E-state index >= 15 is 0 Å². The Morgan fingerprint density at radius 3 is 2.57 bits per heavy atom. The van der Waals surface area contributed by atoms with Crippen molar-refractivity contribution in [2.45, 2.75) is 39.8 Å². The number of hydrogen-bond donors (Lipinski definition) is 2. The normalized spacial score (nSPS) is 11.8. The van der Waals surface area contributed by atoms with E-state index in [0.717, 1.165) is 12.5 Å². The molecular weight excluding hydrogens is 377 g/mol. The Morgan fingerprint density at radius 1 is 1.29 bits per heavy atom. The molecule has 5 heteroatoms. The van der Waals surface area contributed by atoms with Gasteiger partial charge >= 0.3 is 0 Å². The van der Waals surface area contributed by atoms with E-state index in [4.69, 9.17) is 4.74 Å². The molecule has 0 heterocycles. The zero-order valence-corrected chi connectivity index (χ0v) is 16.0. The predicted octanol–water partition coefficient (Wildman–Crippen LogP) is 3.09. The van der Waals surface area contributed by atoms with Crippen LogP contribution in [-0.2, 0) is 11.3 Å². The highest BCUT2D eigenvalue weighted by atomic mass is 127. The highest BCUT2D eigenvalue weighted by Gasteiger charge is 2.16. The molecule has 0 fully saturated rings. The summed E-state index contributed by atoms with van der Waals surface area (Å²) in [7, 11) is 1.72. The molecule has 0 aliphatic carbocycles. The molecule has 0 radical (unpaired) electrons. The van der Waals surface area contributed by atoms with Gasteiger partial charge in [0.05, 0.1) is 12.1 Å². The molecule has 4 nitrogen and oxygen atoms in total. The van der Waals surface area contributed by atoms with Gasteiger partial charge in [-0.2, -0.15) is 0 Å². The highest BCUT2D eigenvalue weighted by Crippen LogP contribution is 2.06. The number of aryl methyl sites for hydroxylation is 1. The third kappa shape index (κ3) is 8.26. The number of aliphatic imine (C=N–C) groups is 1. The number of ether oxygens (including phenoxy) is 1. The monoisotopic (exact) mass is 405 g/mol. The molecule has 0 aliphatic rings. The van der Waals surface area contributed by atoms with Gasteiger partial charge < -0.3 is 15.4 Å². The number of hydrogen-bond acceptors (Lipinski definition) is 2. The maximum Gasteiger partial charge on any atom is 0.191 e. The maximum absolute atomic E-state index is 5.40. The van der Waals surface area contributed by atoms with Crippen LogP contribution < -0.4 is 10.6 Å². The van der Waals surface area contributed by atoms with E-state index in [1.807, 2.05) is 13.8 Å². The molecule has 21 heavy (non-hydrogen) atoms. The Hall–Kier alpha value is -0.820. The summed E-state index contributed by atoms with van der Waals surface area (Å²) in [6.45, 7) is 10.5. The molecule has 120 valence electrons. The SMILES string of the molecule is CCNC(=NCc1cccc(C)c1)NCC(C)(C)OC.I. The lowest BCUT2D eigenvalue weighted by molar-refractivity contribution is 0.0268. The third-order valence-electron chi connectivity index (χ3n) is 3.08. The Labute approximate surface area is 145 Å². The lowest BCUT2D eigenvalue weighted by Crippen LogP contribution is -2.45. The zero-order chi connectivity index (χ0) is 15.0. The Kier molecular flexibility index (Phi) is 9.61. The van der Waals surface area contributed by atoms with Gasteiger partial charge in [-0.1, -0.05) is 29.8 Å². The van der Waals surface area contributed by atoms with Gasteiger partial charge in [0.15, 0.2) is 5.96 Å². The van der Waals surface area contributed by atoms with Gasteiger partial charge in [-0.15, -0.1) is 24.0 Å². The van der Waals surface area contributed by atoms with Gasteiger partial charge in [0, 0.05) is 20.2 Å². The summed E-state index contributed by atoms with van der Waals surface area (Å²) in [5, 5.41) is 6.56. The van der Waals surface area contributed by atoms with Crippen molar-refractivity contribution < 1.29 is 4.74 Å². The summed E-state index contributed by atoms with van der Waals surface area (Å²) in [5.41, 5.74) is 2.27. The van der Waals surface area contributed by atoms with Crippen molar-refractivity contribution in [3.05, 3.63) is 35.4 Å². The number of benzene rings is 1. The number of methoxy groups -OCH3 is 1. The number of nitrogens with zero attached hydrogens (tertiary/aromatic N) is 1. The van der Waals surface area contributed by atoms with Crippen molar-refractivity contribution >= 4 is 29.9 Å². The van der Waals surface area contributed by atoms with Gasteiger partial charge in [-0.25, -0.2) is 4.99 Å². The van der Waals surface area contributed by atoms with Crippen LogP contribution in [0.4, 0.5) is 0 Å². The van der Waals surface area contributed by atoms with Gasteiger partial charge in [-0.3, -0.25) is 0 Å². The maximum atomic E-state index is 5.40. The average Bonchev–Trinajstić information content (AvgIpc) is 2.42. The highest BCUT2D eigenvalue weighted by molar-refractivity contribution is 14.0. The van der Waals surface area contributed by atoms with Gasteiger partial charge in [0.2, 0.25) is 0 Å². The first-order chi connectivity index (χ1) is 9.46. The second-order valence-corrected chi connectivity index (χ2v) is 5.50. The number of guanidine groups is 1. The predicted molar refractivity (Wildman–Crippen MR) is 101 cm³/mol. The van der Waals surface area contributed by atoms with Gasteiger partial charge in [-0.05, 0) is 33.3 Å². The topological polar surface area (TPSA) is 45.7 Å². The Morgan fingerprint density at radius 2 is 2.00 bits per heavy atom. The molecule has 1 rings (SSSR count). The first-order valence-electron chi connectivity index (χ1n) is 7.09. The number of halogens is 1. The molecule has 0 aliphatic heterocycles. The minimum atomic E-state index is -0.209. The quantitative estimate of drug-likeness (QED) is 0.435. The lowest BCUT2D eigenvalue weighted by atomic mass is 10.1. The van der Waals surface area contributed by atoms with Gasteiger partial charge in [0.1, 0.15) is 0 Å². The molecule has 1 aromatic carbocycles. The van der Waals surface area contributed by atoms with E-state index in [0.29, 0.717) is 13.1 Å². The molecule has 2 N–H and O–H groups in total. The molecular formula is C16H28IN3O. The van der Waals surface area contributed by atoms with Crippen molar-refractivity contribution in [2.75, 3.05) is 20.2 Å². The first-order valence-corrected chi connectivity index (χ1v) is 7.09. The molecule has 0 saturated carbocycles. The fraction of sp³-hybridized carbons (Fsp3) is 0.562. The van der Waals surface area contributed by atoms with Crippen molar-refractivity contribution in [1.29, 1.82) is 0 Å². The summed E-state index contributed by atoms with van der Waals surface area (Å²) >= 11 is 0. The molecule has 0 saturated heterocycles. The summed E-state index contributed by atoms with van der Waals surface area (Å²) in [6, 6.07) is 8.41. The van der Waals surface area contributed by atoms with E-state index in [-0.39, 0.29) is 29.6 Å². The molecule has 0 unspecified atom stereocenters. The lowest BCUT2D eigenvalue weighted by Gasteiger charge is -2.24. The van der Waals surface area contributed by atoms with Crippen molar-refractivity contribution in [3.8, 4) is 0 Å². The summed E-state index contributed by atoms with van der Waals surface area (Å²) in [5.74, 6) is 0.819. The molecule has 0 aromatic heterocycles. The first kappa shape index (κ1) is 20.2.